The molecular weight excluding hydrogens is 456 g/mol. The summed E-state index contributed by atoms with van der Waals surface area (Å²) < 4.78 is 5.12. The first-order chi connectivity index (χ1) is 17.6. The average molecular weight is 481 g/mol. The zero-order valence-electron chi connectivity index (χ0n) is 19.6. The number of anilines is 4. The molecule has 1 aromatic carbocycles. The predicted molar refractivity (Wildman–Crippen MR) is 138 cm³/mol. The van der Waals surface area contributed by atoms with Crippen molar-refractivity contribution in [2.45, 2.75) is 12.8 Å². The van der Waals surface area contributed by atoms with Crippen LogP contribution >= 0.6 is 0 Å². The van der Waals surface area contributed by atoms with E-state index in [1.165, 1.54) is 19.5 Å². The second-order valence-corrected chi connectivity index (χ2v) is 8.28. The van der Waals surface area contributed by atoms with E-state index in [4.69, 9.17) is 4.74 Å². The fourth-order valence-corrected chi connectivity index (χ4v) is 3.98. The lowest BCUT2D eigenvalue weighted by Gasteiger charge is -2.16. The molecule has 1 saturated heterocycles. The van der Waals surface area contributed by atoms with Gasteiger partial charge in [-0.15, -0.1) is 0 Å². The summed E-state index contributed by atoms with van der Waals surface area (Å²) in [7, 11) is 1.52. The number of ether oxygens (including phenoxy) is 1. The maximum Gasteiger partial charge on any atom is 0.257 e. The van der Waals surface area contributed by atoms with Crippen molar-refractivity contribution in [1.82, 2.24) is 15.0 Å². The van der Waals surface area contributed by atoms with Crippen LogP contribution in [-0.2, 0) is 4.79 Å². The van der Waals surface area contributed by atoms with Crippen LogP contribution in [0, 0.1) is 0 Å². The number of amides is 2. The SMILES string of the molecule is COc1cncc(C(=O)Nc2cncc(Nc3ccc(-c4ccc(N5CCCC5=O)cc4)cn3)c2)c1. The Bertz CT molecular complexity index is 1390. The molecule has 2 N–H and O–H groups in total. The lowest BCUT2D eigenvalue weighted by Crippen LogP contribution is -2.23. The number of benzene rings is 1. The van der Waals surface area contributed by atoms with Crippen LogP contribution in [0.25, 0.3) is 11.1 Å². The van der Waals surface area contributed by atoms with E-state index >= 15 is 0 Å². The van der Waals surface area contributed by atoms with Crippen LogP contribution in [0.1, 0.15) is 23.2 Å². The Morgan fingerprint density at radius 2 is 1.69 bits per heavy atom. The minimum Gasteiger partial charge on any atom is -0.495 e. The molecule has 1 aliphatic heterocycles. The summed E-state index contributed by atoms with van der Waals surface area (Å²) in [6, 6.07) is 15.2. The summed E-state index contributed by atoms with van der Waals surface area (Å²) >= 11 is 0. The van der Waals surface area contributed by atoms with E-state index in [2.05, 4.69) is 25.6 Å². The smallest absolute Gasteiger partial charge is 0.257 e. The van der Waals surface area contributed by atoms with Crippen LogP contribution in [0.4, 0.5) is 22.9 Å². The van der Waals surface area contributed by atoms with Gasteiger partial charge in [-0.3, -0.25) is 19.6 Å². The summed E-state index contributed by atoms with van der Waals surface area (Å²) in [5.41, 5.74) is 4.49. The molecule has 0 aliphatic carbocycles. The zero-order chi connectivity index (χ0) is 24.9. The third-order valence-corrected chi connectivity index (χ3v) is 5.83. The number of carbonyl (C=O) groups is 2. The standard InChI is InChI=1S/C27H24N6O3/c1-36-24-11-20(13-28-17-24)27(35)32-22-12-21(15-29-16-22)31-25-9-6-19(14-30-25)18-4-7-23(8-5-18)33-10-2-3-26(33)34/h4-9,11-17H,2-3,10H2,1H3,(H,30,31)(H,32,35). The molecule has 9 nitrogen and oxygen atoms in total. The maximum absolute atomic E-state index is 12.5. The van der Waals surface area contributed by atoms with Gasteiger partial charge in [-0.05, 0) is 48.4 Å². The first-order valence-corrected chi connectivity index (χ1v) is 11.5. The lowest BCUT2D eigenvalue weighted by molar-refractivity contribution is -0.117. The minimum atomic E-state index is -0.317. The number of rotatable bonds is 7. The van der Waals surface area contributed by atoms with Gasteiger partial charge < -0.3 is 20.3 Å². The van der Waals surface area contributed by atoms with Gasteiger partial charge in [0.05, 0.1) is 42.6 Å². The molecule has 4 heterocycles. The first kappa shape index (κ1) is 23.0. The molecule has 0 unspecified atom stereocenters. The van der Waals surface area contributed by atoms with Gasteiger partial charge in [0.1, 0.15) is 11.6 Å². The molecule has 4 aromatic rings. The van der Waals surface area contributed by atoms with E-state index in [9.17, 15) is 9.59 Å². The number of hydrogen-bond donors (Lipinski definition) is 2. The molecule has 9 heteroatoms. The van der Waals surface area contributed by atoms with Gasteiger partial charge in [-0.25, -0.2) is 4.98 Å². The van der Waals surface area contributed by atoms with Gasteiger partial charge in [0.2, 0.25) is 5.91 Å². The Kier molecular flexibility index (Phi) is 6.53. The van der Waals surface area contributed by atoms with Crippen molar-refractivity contribution in [2.24, 2.45) is 0 Å². The summed E-state index contributed by atoms with van der Waals surface area (Å²) in [6.45, 7) is 0.776. The van der Waals surface area contributed by atoms with Crippen molar-refractivity contribution in [1.29, 1.82) is 0 Å². The molecule has 0 radical (unpaired) electrons. The van der Waals surface area contributed by atoms with Crippen molar-refractivity contribution < 1.29 is 14.3 Å². The summed E-state index contributed by atoms with van der Waals surface area (Å²) in [4.78, 5) is 39.0. The number of carbonyl (C=O) groups excluding carboxylic acids is 2. The molecule has 3 aromatic heterocycles. The second kappa shape index (κ2) is 10.2. The Morgan fingerprint density at radius 1 is 0.917 bits per heavy atom. The molecule has 0 spiro atoms. The quantitative estimate of drug-likeness (QED) is 0.396. The highest BCUT2D eigenvalue weighted by atomic mass is 16.5. The van der Waals surface area contributed by atoms with Crippen LogP contribution in [0.15, 0.2) is 79.5 Å². The Hall–Kier alpha value is -4.79. The van der Waals surface area contributed by atoms with Gasteiger partial charge in [-0.1, -0.05) is 12.1 Å². The number of hydrogen-bond acceptors (Lipinski definition) is 7. The van der Waals surface area contributed by atoms with Crippen LogP contribution < -0.4 is 20.3 Å². The highest BCUT2D eigenvalue weighted by Crippen LogP contribution is 2.27. The second-order valence-electron chi connectivity index (χ2n) is 8.28. The zero-order valence-corrected chi connectivity index (χ0v) is 19.6. The Morgan fingerprint density at radius 3 is 2.42 bits per heavy atom. The van der Waals surface area contributed by atoms with E-state index in [1.54, 1.807) is 30.7 Å². The van der Waals surface area contributed by atoms with Gasteiger partial charge in [0.25, 0.3) is 5.91 Å². The molecule has 36 heavy (non-hydrogen) atoms. The van der Waals surface area contributed by atoms with Gasteiger partial charge >= 0.3 is 0 Å². The molecule has 1 fully saturated rings. The van der Waals surface area contributed by atoms with Crippen molar-refractivity contribution in [2.75, 3.05) is 29.2 Å². The number of aromatic nitrogens is 3. The van der Waals surface area contributed by atoms with E-state index < -0.39 is 0 Å². The van der Waals surface area contributed by atoms with Gasteiger partial charge in [-0.2, -0.15) is 0 Å². The van der Waals surface area contributed by atoms with Crippen LogP contribution in [0.2, 0.25) is 0 Å². The molecular formula is C27H24N6O3. The van der Waals surface area contributed by atoms with Crippen molar-refractivity contribution in [3.63, 3.8) is 0 Å². The van der Waals surface area contributed by atoms with E-state index in [-0.39, 0.29) is 11.8 Å². The van der Waals surface area contributed by atoms with Gasteiger partial charge in [0, 0.05) is 36.6 Å². The molecule has 1 aliphatic rings. The highest BCUT2D eigenvalue weighted by molar-refractivity contribution is 6.04. The fourth-order valence-electron chi connectivity index (χ4n) is 3.98. The van der Waals surface area contributed by atoms with Crippen molar-refractivity contribution >= 4 is 34.7 Å². The predicted octanol–water partition coefficient (Wildman–Crippen LogP) is 4.67. The first-order valence-electron chi connectivity index (χ1n) is 11.5. The molecule has 0 saturated carbocycles. The monoisotopic (exact) mass is 480 g/mol. The average Bonchev–Trinajstić information content (AvgIpc) is 3.35. The Labute approximate surface area is 208 Å². The van der Waals surface area contributed by atoms with Crippen LogP contribution in [0.5, 0.6) is 5.75 Å². The van der Waals surface area contributed by atoms with Crippen LogP contribution in [-0.4, -0.2) is 40.4 Å². The summed E-state index contributed by atoms with van der Waals surface area (Å²) in [5, 5.41) is 6.02. The maximum atomic E-state index is 12.5. The van der Waals surface area contributed by atoms with Crippen LogP contribution in [0.3, 0.4) is 0 Å². The normalized spacial score (nSPS) is 12.9. The fraction of sp³-hybridized carbons (Fsp3) is 0.148. The third-order valence-electron chi connectivity index (χ3n) is 5.83. The summed E-state index contributed by atoms with van der Waals surface area (Å²) in [5.74, 6) is 1.00. The molecule has 5 rings (SSSR count). The van der Waals surface area contributed by atoms with E-state index in [1.807, 2.05) is 41.3 Å². The number of methoxy groups -OCH3 is 1. The molecule has 0 bridgehead atoms. The molecule has 0 atom stereocenters. The highest BCUT2D eigenvalue weighted by Gasteiger charge is 2.21. The summed E-state index contributed by atoms with van der Waals surface area (Å²) in [6.07, 6.45) is 9.52. The van der Waals surface area contributed by atoms with Crippen molar-refractivity contribution in [3.8, 4) is 16.9 Å². The minimum absolute atomic E-state index is 0.176. The largest absolute Gasteiger partial charge is 0.495 e. The van der Waals surface area contributed by atoms with Crippen molar-refractivity contribution in [3.05, 3.63) is 85.1 Å². The third kappa shape index (κ3) is 5.15. The van der Waals surface area contributed by atoms with Gasteiger partial charge in [0.15, 0.2) is 0 Å². The topological polar surface area (TPSA) is 109 Å². The number of nitrogens with one attached hydrogen (secondary N) is 2. The van der Waals surface area contributed by atoms with E-state index in [0.717, 1.165) is 29.8 Å². The molecule has 2 amide bonds. The number of pyridine rings is 3. The number of nitrogens with zero attached hydrogens (tertiary/aromatic N) is 4. The Balaban J connectivity index is 1.24. The van der Waals surface area contributed by atoms with E-state index in [0.29, 0.717) is 34.9 Å². The molecule has 180 valence electrons. The lowest BCUT2D eigenvalue weighted by atomic mass is 10.1.